The van der Waals surface area contributed by atoms with E-state index >= 15 is 0 Å². The third-order valence-electron chi connectivity index (χ3n) is 3.04. The van der Waals surface area contributed by atoms with Crippen LogP contribution in [0.2, 0.25) is 0 Å². The van der Waals surface area contributed by atoms with Crippen LogP contribution in [-0.2, 0) is 0 Å². The lowest BCUT2D eigenvalue weighted by molar-refractivity contribution is 0.0923. The minimum atomic E-state index is -0.986. The monoisotopic (exact) mass is 264 g/mol. The van der Waals surface area contributed by atoms with Gasteiger partial charge in [0.05, 0.1) is 0 Å². The normalized spacial score (nSPS) is 12.7. The summed E-state index contributed by atoms with van der Waals surface area (Å²) in [7, 11) is 0. The lowest BCUT2D eigenvalue weighted by atomic mass is 9.97. The highest BCUT2D eigenvalue weighted by Gasteiger charge is 2.18. The van der Waals surface area contributed by atoms with Gasteiger partial charge in [-0.2, -0.15) is 0 Å². The summed E-state index contributed by atoms with van der Waals surface area (Å²) in [6.45, 7) is 3.77. The topological polar surface area (TPSA) is 40.5 Å². The van der Waals surface area contributed by atoms with Crippen molar-refractivity contribution in [2.45, 2.75) is 43.3 Å². The van der Waals surface area contributed by atoms with Crippen molar-refractivity contribution in [3.63, 3.8) is 0 Å². The molecule has 1 rings (SSSR count). The Morgan fingerprint density at radius 3 is 2.22 bits per heavy atom. The number of thioether (sulfide) groups is 1. The summed E-state index contributed by atoms with van der Waals surface area (Å²) < 4.78 is 0. The van der Waals surface area contributed by atoms with E-state index in [4.69, 9.17) is 0 Å². The number of benzene rings is 1. The Bertz CT molecular complexity index is 424. The van der Waals surface area contributed by atoms with Crippen molar-refractivity contribution in [2.24, 2.45) is 0 Å². The Hall–Kier alpha value is -0.950. The van der Waals surface area contributed by atoms with Crippen LogP contribution < -0.4 is 0 Å². The van der Waals surface area contributed by atoms with Crippen molar-refractivity contribution in [3.05, 3.63) is 29.8 Å². The molecule has 2 nitrogen and oxygen atoms in total. The smallest absolute Gasteiger partial charge is 0.140 e. The summed E-state index contributed by atoms with van der Waals surface area (Å²) in [6, 6.07) is 7.64. The fourth-order valence-corrected chi connectivity index (χ4v) is 1.91. The standard InChI is InChI=1S/C15H20O2S/c1-4-15(17,5-2)11-10-14(16)12-6-8-13(18-3)9-7-12/h6-9,14,16-17H,4-5H2,1-3H3/t14-/m0/s1. The number of hydrogen-bond donors (Lipinski definition) is 2. The van der Waals surface area contributed by atoms with Gasteiger partial charge in [-0.05, 0) is 36.8 Å². The van der Waals surface area contributed by atoms with Crippen LogP contribution in [0.1, 0.15) is 38.4 Å². The van der Waals surface area contributed by atoms with Gasteiger partial charge in [0.1, 0.15) is 11.7 Å². The van der Waals surface area contributed by atoms with Gasteiger partial charge >= 0.3 is 0 Å². The Kier molecular flexibility index (Phi) is 5.74. The van der Waals surface area contributed by atoms with Gasteiger partial charge in [-0.3, -0.25) is 0 Å². The molecule has 0 radical (unpaired) electrons. The number of aliphatic hydroxyl groups excluding tert-OH is 1. The Balaban J connectivity index is 2.81. The van der Waals surface area contributed by atoms with Crippen LogP contribution in [0.4, 0.5) is 0 Å². The lowest BCUT2D eigenvalue weighted by Gasteiger charge is -2.17. The second-order valence-corrected chi connectivity index (χ2v) is 5.06. The van der Waals surface area contributed by atoms with Crippen molar-refractivity contribution >= 4 is 11.8 Å². The van der Waals surface area contributed by atoms with Crippen LogP contribution in [-0.4, -0.2) is 22.1 Å². The summed E-state index contributed by atoms with van der Waals surface area (Å²) >= 11 is 1.66. The van der Waals surface area contributed by atoms with Crippen LogP contribution in [0.3, 0.4) is 0 Å². The van der Waals surface area contributed by atoms with Gasteiger partial charge < -0.3 is 10.2 Å². The summed E-state index contributed by atoms with van der Waals surface area (Å²) in [6.07, 6.45) is 2.29. The highest BCUT2D eigenvalue weighted by Crippen LogP contribution is 2.19. The van der Waals surface area contributed by atoms with Crippen LogP contribution in [0.15, 0.2) is 29.2 Å². The van der Waals surface area contributed by atoms with Crippen LogP contribution in [0, 0.1) is 11.8 Å². The van der Waals surface area contributed by atoms with E-state index in [1.165, 1.54) is 0 Å². The lowest BCUT2D eigenvalue weighted by Crippen LogP contribution is -2.24. The zero-order valence-corrected chi connectivity index (χ0v) is 11.9. The molecule has 0 saturated carbocycles. The largest absolute Gasteiger partial charge is 0.378 e. The summed E-state index contributed by atoms with van der Waals surface area (Å²) in [4.78, 5) is 1.15. The molecule has 0 bridgehead atoms. The molecular formula is C15H20O2S. The first-order valence-electron chi connectivity index (χ1n) is 6.11. The Morgan fingerprint density at radius 1 is 1.22 bits per heavy atom. The van der Waals surface area contributed by atoms with Crippen molar-refractivity contribution in [1.82, 2.24) is 0 Å². The highest BCUT2D eigenvalue weighted by atomic mass is 32.2. The molecule has 1 aromatic rings. The van der Waals surface area contributed by atoms with E-state index in [2.05, 4.69) is 11.8 Å². The SMILES string of the molecule is CCC(O)(C#C[C@H](O)c1ccc(SC)cc1)CC. The van der Waals surface area contributed by atoms with Crippen molar-refractivity contribution in [2.75, 3.05) is 6.26 Å². The molecule has 0 aliphatic carbocycles. The summed E-state index contributed by atoms with van der Waals surface area (Å²) in [5.41, 5.74) is -0.227. The Labute approximate surface area is 113 Å². The minimum Gasteiger partial charge on any atom is -0.378 e. The molecule has 0 heterocycles. The average Bonchev–Trinajstić information content (AvgIpc) is 2.44. The zero-order chi connectivity index (χ0) is 13.6. The third kappa shape index (κ3) is 4.06. The molecule has 0 aliphatic heterocycles. The van der Waals surface area contributed by atoms with Crippen molar-refractivity contribution < 1.29 is 10.2 Å². The van der Waals surface area contributed by atoms with Crippen LogP contribution in [0.25, 0.3) is 0 Å². The number of aliphatic hydroxyl groups is 2. The second kappa shape index (κ2) is 6.84. The van der Waals surface area contributed by atoms with Crippen LogP contribution in [0.5, 0.6) is 0 Å². The molecule has 98 valence electrons. The molecule has 1 atom stereocenters. The molecule has 0 spiro atoms. The first kappa shape index (κ1) is 15.1. The van der Waals surface area contributed by atoms with Gasteiger partial charge in [0.2, 0.25) is 0 Å². The second-order valence-electron chi connectivity index (χ2n) is 4.18. The predicted octanol–water partition coefficient (Wildman–Crippen LogP) is 3.00. The van der Waals surface area contributed by atoms with E-state index < -0.39 is 11.7 Å². The molecule has 3 heteroatoms. The van der Waals surface area contributed by atoms with Crippen molar-refractivity contribution in [3.8, 4) is 11.8 Å². The molecule has 2 N–H and O–H groups in total. The number of rotatable bonds is 4. The molecule has 0 saturated heterocycles. The van der Waals surface area contributed by atoms with E-state index in [1.807, 2.05) is 44.4 Å². The van der Waals surface area contributed by atoms with Crippen LogP contribution >= 0.6 is 11.8 Å². The molecule has 0 unspecified atom stereocenters. The Morgan fingerprint density at radius 2 is 1.78 bits per heavy atom. The van der Waals surface area contributed by atoms with E-state index in [0.29, 0.717) is 12.8 Å². The van der Waals surface area contributed by atoms with Gasteiger partial charge in [-0.15, -0.1) is 11.8 Å². The minimum absolute atomic E-state index is 0.564. The third-order valence-corrected chi connectivity index (χ3v) is 3.79. The molecule has 1 aromatic carbocycles. The predicted molar refractivity (Wildman–Crippen MR) is 76.5 cm³/mol. The summed E-state index contributed by atoms with van der Waals surface area (Å²) in [5.74, 6) is 5.50. The molecule has 0 aliphatic rings. The van der Waals surface area contributed by atoms with Gasteiger partial charge in [0.15, 0.2) is 0 Å². The van der Waals surface area contributed by atoms with E-state index in [-0.39, 0.29) is 0 Å². The first-order valence-corrected chi connectivity index (χ1v) is 7.34. The van der Waals surface area contributed by atoms with E-state index in [9.17, 15) is 10.2 Å². The molecule has 18 heavy (non-hydrogen) atoms. The molecule has 0 aromatic heterocycles. The fourth-order valence-electron chi connectivity index (χ4n) is 1.50. The summed E-state index contributed by atoms with van der Waals surface area (Å²) in [5, 5.41) is 20.0. The zero-order valence-electron chi connectivity index (χ0n) is 11.1. The van der Waals surface area contributed by atoms with Gasteiger partial charge in [0, 0.05) is 4.90 Å². The molecule has 0 fully saturated rings. The van der Waals surface area contributed by atoms with Crippen molar-refractivity contribution in [1.29, 1.82) is 0 Å². The highest BCUT2D eigenvalue weighted by molar-refractivity contribution is 7.98. The maximum absolute atomic E-state index is 10.0. The molecule has 0 amide bonds. The average molecular weight is 264 g/mol. The first-order chi connectivity index (χ1) is 8.54. The number of hydrogen-bond acceptors (Lipinski definition) is 3. The maximum Gasteiger partial charge on any atom is 0.140 e. The van der Waals surface area contributed by atoms with Gasteiger partial charge in [0.25, 0.3) is 0 Å². The maximum atomic E-state index is 10.0. The quantitative estimate of drug-likeness (QED) is 0.649. The fraction of sp³-hybridized carbons (Fsp3) is 0.467. The van der Waals surface area contributed by atoms with E-state index in [1.54, 1.807) is 11.8 Å². The van der Waals surface area contributed by atoms with E-state index in [0.717, 1.165) is 10.5 Å². The van der Waals surface area contributed by atoms with Gasteiger partial charge in [-0.25, -0.2) is 0 Å². The molecular weight excluding hydrogens is 244 g/mol. The van der Waals surface area contributed by atoms with Gasteiger partial charge in [-0.1, -0.05) is 37.8 Å².